The Morgan fingerprint density at radius 3 is 2.61 bits per heavy atom. The smallest absolute Gasteiger partial charge is 0.178 e. The predicted molar refractivity (Wildman–Crippen MR) is 67.6 cm³/mol. The number of nitrogens with zero attached hydrogens (tertiary/aromatic N) is 4. The fraction of sp³-hybridized carbons (Fsp3) is 0. The molecule has 0 saturated heterocycles. The molecule has 0 aliphatic heterocycles. The average molecular weight is 232 g/mol. The number of hydrogen-bond donors (Lipinski definition) is 0. The predicted octanol–water partition coefficient (Wildman–Crippen LogP) is 1.82. The van der Waals surface area contributed by atoms with Crippen molar-refractivity contribution in [2.45, 2.75) is 0 Å². The highest BCUT2D eigenvalue weighted by Crippen LogP contribution is 2.06. The molecule has 0 radical (unpaired) electrons. The van der Waals surface area contributed by atoms with Crippen LogP contribution in [0.4, 0.5) is 0 Å². The van der Waals surface area contributed by atoms with Crippen molar-refractivity contribution in [3.05, 3.63) is 60.3 Å². The summed E-state index contributed by atoms with van der Waals surface area (Å²) in [4.78, 5) is 16.5. The Hall–Kier alpha value is -2.80. The van der Waals surface area contributed by atoms with Crippen molar-refractivity contribution >= 4 is 11.2 Å². The van der Waals surface area contributed by atoms with E-state index in [4.69, 9.17) is 0 Å². The third-order valence-electron chi connectivity index (χ3n) is 2.34. The Morgan fingerprint density at radius 2 is 1.72 bits per heavy atom. The quantitative estimate of drug-likeness (QED) is 0.555. The topological polar surface area (TPSA) is 51.6 Å². The highest BCUT2D eigenvalue weighted by Gasteiger charge is 1.96. The highest BCUT2D eigenvalue weighted by molar-refractivity contribution is 5.70. The molecule has 0 bridgehead atoms. The van der Waals surface area contributed by atoms with Gasteiger partial charge in [0.15, 0.2) is 5.65 Å². The van der Waals surface area contributed by atoms with Crippen LogP contribution in [0.2, 0.25) is 0 Å². The zero-order valence-electron chi connectivity index (χ0n) is 9.41. The van der Waals surface area contributed by atoms with E-state index in [1.807, 2.05) is 18.2 Å². The van der Waals surface area contributed by atoms with Gasteiger partial charge in [0.1, 0.15) is 5.52 Å². The molecule has 0 aromatic carbocycles. The Labute approximate surface area is 104 Å². The van der Waals surface area contributed by atoms with Gasteiger partial charge in [-0.05, 0) is 18.2 Å². The van der Waals surface area contributed by atoms with Crippen LogP contribution in [0.1, 0.15) is 11.1 Å². The van der Waals surface area contributed by atoms with Crippen molar-refractivity contribution in [2.24, 2.45) is 0 Å². The monoisotopic (exact) mass is 232 g/mol. The van der Waals surface area contributed by atoms with Crippen LogP contribution in [0.15, 0.2) is 49.2 Å². The number of pyridine rings is 2. The molecule has 0 spiro atoms. The second-order valence-corrected chi connectivity index (χ2v) is 3.61. The fourth-order valence-corrected chi connectivity index (χ4v) is 1.51. The van der Waals surface area contributed by atoms with Crippen LogP contribution in [-0.4, -0.2) is 19.9 Å². The standard InChI is InChI=1S/C14H8N4/c1-2-11(9-15-5-1)3-4-12-8-13-14(18-10-12)17-7-6-16-13/h1-2,5-10H. The van der Waals surface area contributed by atoms with E-state index in [1.54, 1.807) is 31.0 Å². The van der Waals surface area contributed by atoms with Gasteiger partial charge < -0.3 is 0 Å². The van der Waals surface area contributed by atoms with E-state index in [0.717, 1.165) is 16.6 Å². The fourth-order valence-electron chi connectivity index (χ4n) is 1.51. The first-order chi connectivity index (χ1) is 8.92. The van der Waals surface area contributed by atoms with Crippen molar-refractivity contribution in [3.8, 4) is 11.8 Å². The summed E-state index contributed by atoms with van der Waals surface area (Å²) in [6, 6.07) is 5.64. The molecule has 3 rings (SSSR count). The third-order valence-corrected chi connectivity index (χ3v) is 2.34. The summed E-state index contributed by atoms with van der Waals surface area (Å²) < 4.78 is 0. The van der Waals surface area contributed by atoms with E-state index in [2.05, 4.69) is 31.8 Å². The first-order valence-corrected chi connectivity index (χ1v) is 5.41. The second-order valence-electron chi connectivity index (χ2n) is 3.61. The number of rotatable bonds is 0. The Bertz CT molecular complexity index is 742. The maximum atomic E-state index is 4.20. The van der Waals surface area contributed by atoms with Gasteiger partial charge in [-0.15, -0.1) is 0 Å². The van der Waals surface area contributed by atoms with Gasteiger partial charge >= 0.3 is 0 Å². The minimum atomic E-state index is 0.629. The average Bonchev–Trinajstić information content (AvgIpc) is 2.46. The van der Waals surface area contributed by atoms with E-state index >= 15 is 0 Å². The lowest BCUT2D eigenvalue weighted by atomic mass is 10.2. The molecule has 3 heterocycles. The largest absolute Gasteiger partial charge is 0.263 e. The molecular formula is C14H8N4. The molecule has 0 fully saturated rings. The van der Waals surface area contributed by atoms with Crippen LogP contribution in [0.5, 0.6) is 0 Å². The summed E-state index contributed by atoms with van der Waals surface area (Å²) in [5, 5.41) is 0. The first-order valence-electron chi connectivity index (χ1n) is 5.41. The Balaban J connectivity index is 1.99. The molecule has 84 valence electrons. The van der Waals surface area contributed by atoms with Gasteiger partial charge in [0.05, 0.1) is 0 Å². The summed E-state index contributed by atoms with van der Waals surface area (Å²) >= 11 is 0. The zero-order chi connectivity index (χ0) is 12.2. The minimum Gasteiger partial charge on any atom is -0.263 e. The van der Waals surface area contributed by atoms with Gasteiger partial charge in [0.25, 0.3) is 0 Å². The molecule has 0 aliphatic carbocycles. The molecule has 0 N–H and O–H groups in total. The van der Waals surface area contributed by atoms with Gasteiger partial charge in [0, 0.05) is 42.1 Å². The molecule has 3 aromatic rings. The third kappa shape index (κ3) is 2.15. The summed E-state index contributed by atoms with van der Waals surface area (Å²) in [5.74, 6) is 6.06. The van der Waals surface area contributed by atoms with E-state index in [9.17, 15) is 0 Å². The van der Waals surface area contributed by atoms with Crippen LogP contribution in [0, 0.1) is 11.8 Å². The van der Waals surface area contributed by atoms with E-state index in [1.165, 1.54) is 0 Å². The van der Waals surface area contributed by atoms with Crippen molar-refractivity contribution in [3.63, 3.8) is 0 Å². The van der Waals surface area contributed by atoms with E-state index < -0.39 is 0 Å². The van der Waals surface area contributed by atoms with Gasteiger partial charge in [-0.1, -0.05) is 11.8 Å². The van der Waals surface area contributed by atoms with E-state index in [-0.39, 0.29) is 0 Å². The summed E-state index contributed by atoms with van der Waals surface area (Å²) in [6.07, 6.45) is 8.40. The van der Waals surface area contributed by atoms with Gasteiger partial charge in [-0.2, -0.15) is 0 Å². The van der Waals surface area contributed by atoms with Crippen LogP contribution < -0.4 is 0 Å². The molecule has 3 aromatic heterocycles. The number of fused-ring (bicyclic) bond motifs is 1. The van der Waals surface area contributed by atoms with Crippen LogP contribution >= 0.6 is 0 Å². The maximum absolute atomic E-state index is 4.20. The molecule has 0 atom stereocenters. The van der Waals surface area contributed by atoms with E-state index in [0.29, 0.717) is 5.65 Å². The van der Waals surface area contributed by atoms with Gasteiger partial charge in [0.2, 0.25) is 0 Å². The van der Waals surface area contributed by atoms with Crippen LogP contribution in [0.25, 0.3) is 11.2 Å². The Morgan fingerprint density at radius 1 is 0.833 bits per heavy atom. The van der Waals surface area contributed by atoms with Crippen molar-refractivity contribution in [1.82, 2.24) is 19.9 Å². The van der Waals surface area contributed by atoms with Gasteiger partial charge in [-0.25, -0.2) is 9.97 Å². The lowest BCUT2D eigenvalue weighted by Crippen LogP contribution is -1.87. The van der Waals surface area contributed by atoms with Crippen LogP contribution in [0.3, 0.4) is 0 Å². The number of hydrogen-bond acceptors (Lipinski definition) is 4. The normalized spacial score (nSPS) is 9.78. The van der Waals surface area contributed by atoms with Gasteiger partial charge in [-0.3, -0.25) is 9.97 Å². The maximum Gasteiger partial charge on any atom is 0.178 e. The summed E-state index contributed by atoms with van der Waals surface area (Å²) in [6.45, 7) is 0. The molecular weight excluding hydrogens is 224 g/mol. The zero-order valence-corrected chi connectivity index (χ0v) is 9.41. The highest BCUT2D eigenvalue weighted by atomic mass is 14.9. The minimum absolute atomic E-state index is 0.629. The molecule has 0 unspecified atom stereocenters. The van der Waals surface area contributed by atoms with Crippen molar-refractivity contribution < 1.29 is 0 Å². The molecule has 4 nitrogen and oxygen atoms in total. The van der Waals surface area contributed by atoms with Crippen LogP contribution in [-0.2, 0) is 0 Å². The lowest BCUT2D eigenvalue weighted by Gasteiger charge is -1.94. The first kappa shape index (κ1) is 10.4. The second kappa shape index (κ2) is 4.60. The molecule has 0 amide bonds. The number of aromatic nitrogens is 4. The summed E-state index contributed by atoms with van der Waals surface area (Å²) in [5.41, 5.74) is 3.06. The Kier molecular flexibility index (Phi) is 2.65. The van der Waals surface area contributed by atoms with Crippen molar-refractivity contribution in [2.75, 3.05) is 0 Å². The molecule has 4 heteroatoms. The summed E-state index contributed by atoms with van der Waals surface area (Å²) in [7, 11) is 0. The van der Waals surface area contributed by atoms with Crippen molar-refractivity contribution in [1.29, 1.82) is 0 Å². The molecule has 18 heavy (non-hydrogen) atoms. The molecule has 0 aliphatic rings. The SMILES string of the molecule is C(#Cc1cnc2nccnc2c1)c1cccnc1. The lowest BCUT2D eigenvalue weighted by molar-refractivity contribution is 1.22. The molecule has 0 saturated carbocycles.